The first-order chi connectivity index (χ1) is 9.44. The molecular formula is C13H25N3O4. The summed E-state index contributed by atoms with van der Waals surface area (Å²) in [6, 6.07) is -1.42. The fraction of sp³-hybridized carbons (Fsp3) is 0.846. The molecule has 0 bridgehead atoms. The molecule has 0 radical (unpaired) electrons. The Morgan fingerprint density at radius 1 is 1.40 bits per heavy atom. The van der Waals surface area contributed by atoms with Gasteiger partial charge in [0.2, 0.25) is 5.91 Å². The summed E-state index contributed by atoms with van der Waals surface area (Å²) in [7, 11) is 0. The van der Waals surface area contributed by atoms with Crippen molar-refractivity contribution in [2.45, 2.75) is 44.7 Å². The van der Waals surface area contributed by atoms with Gasteiger partial charge in [0.05, 0.1) is 12.1 Å². The average Bonchev–Trinajstić information content (AvgIpc) is 2.44. The van der Waals surface area contributed by atoms with Gasteiger partial charge < -0.3 is 26.2 Å². The Morgan fingerprint density at radius 2 is 2.00 bits per heavy atom. The van der Waals surface area contributed by atoms with Gasteiger partial charge in [-0.3, -0.25) is 4.79 Å². The summed E-state index contributed by atoms with van der Waals surface area (Å²) in [5.74, 6) is -0.354. The molecule has 1 aliphatic rings. The lowest BCUT2D eigenvalue weighted by molar-refractivity contribution is -0.128. The monoisotopic (exact) mass is 287 g/mol. The van der Waals surface area contributed by atoms with Gasteiger partial charge in [-0.1, -0.05) is 20.3 Å². The van der Waals surface area contributed by atoms with Crippen molar-refractivity contribution in [3.05, 3.63) is 0 Å². The second-order valence-electron chi connectivity index (χ2n) is 5.41. The van der Waals surface area contributed by atoms with Gasteiger partial charge in [0.15, 0.2) is 0 Å². The number of hydrogen-bond donors (Lipinski definition) is 4. The van der Waals surface area contributed by atoms with Gasteiger partial charge in [-0.25, -0.2) is 4.79 Å². The Labute approximate surface area is 119 Å². The molecule has 2 atom stereocenters. The molecule has 20 heavy (non-hydrogen) atoms. The zero-order chi connectivity index (χ0) is 15.2. The summed E-state index contributed by atoms with van der Waals surface area (Å²) in [4.78, 5) is 23.4. The average molecular weight is 287 g/mol. The predicted molar refractivity (Wildman–Crippen MR) is 74.0 cm³/mol. The van der Waals surface area contributed by atoms with Crippen LogP contribution in [0.2, 0.25) is 0 Å². The molecule has 1 rings (SSSR count). The number of nitrogens with one attached hydrogen (secondary N) is 2. The number of urea groups is 1. The summed E-state index contributed by atoms with van der Waals surface area (Å²) < 4.78 is 5.25. The van der Waals surface area contributed by atoms with Gasteiger partial charge in [0.1, 0.15) is 6.04 Å². The molecule has 1 aliphatic heterocycles. The topological polar surface area (TPSA) is 114 Å². The molecule has 7 nitrogen and oxygen atoms in total. The molecule has 0 saturated carbocycles. The van der Waals surface area contributed by atoms with E-state index in [2.05, 4.69) is 10.6 Å². The summed E-state index contributed by atoms with van der Waals surface area (Å²) >= 11 is 0. The summed E-state index contributed by atoms with van der Waals surface area (Å²) in [5, 5.41) is 14.9. The van der Waals surface area contributed by atoms with Crippen molar-refractivity contribution in [3.8, 4) is 0 Å². The van der Waals surface area contributed by atoms with Crippen molar-refractivity contribution in [1.82, 2.24) is 10.6 Å². The summed E-state index contributed by atoms with van der Waals surface area (Å²) in [6.07, 6.45) is 1.84. The number of aliphatic hydroxyl groups excluding tert-OH is 1. The number of ether oxygens (including phenoxy) is 1. The second-order valence-corrected chi connectivity index (χ2v) is 5.41. The Balaban J connectivity index is 2.75. The quantitative estimate of drug-likeness (QED) is 0.538. The molecule has 0 aromatic rings. The lowest BCUT2D eigenvalue weighted by Crippen LogP contribution is -2.61. The third kappa shape index (κ3) is 4.35. The Bertz CT molecular complexity index is 343. The third-order valence-electron chi connectivity index (χ3n) is 3.93. The molecule has 0 aromatic carbocycles. The maximum atomic E-state index is 12.4. The Hall–Kier alpha value is -1.34. The van der Waals surface area contributed by atoms with Crippen LogP contribution in [0, 0.1) is 5.92 Å². The SMILES string of the molecule is CCC(C)C(NC(N)=O)C(=O)NC1(CO)CCOCC1. The maximum absolute atomic E-state index is 12.4. The van der Waals surface area contributed by atoms with Crippen molar-refractivity contribution in [2.75, 3.05) is 19.8 Å². The molecule has 1 saturated heterocycles. The molecule has 116 valence electrons. The van der Waals surface area contributed by atoms with Crippen LogP contribution in [0.5, 0.6) is 0 Å². The first kappa shape index (κ1) is 16.7. The minimum Gasteiger partial charge on any atom is -0.394 e. The third-order valence-corrected chi connectivity index (χ3v) is 3.93. The lowest BCUT2D eigenvalue weighted by atomic mass is 9.89. The van der Waals surface area contributed by atoms with Crippen LogP contribution < -0.4 is 16.4 Å². The molecule has 5 N–H and O–H groups in total. The predicted octanol–water partition coefficient (Wildman–Crippen LogP) is -0.273. The molecule has 1 fully saturated rings. The van der Waals surface area contributed by atoms with E-state index in [0.29, 0.717) is 26.1 Å². The van der Waals surface area contributed by atoms with Gasteiger partial charge in [0, 0.05) is 13.2 Å². The van der Waals surface area contributed by atoms with Crippen LogP contribution in [0.25, 0.3) is 0 Å². The number of carbonyl (C=O) groups excluding carboxylic acids is 2. The van der Waals surface area contributed by atoms with E-state index in [1.54, 1.807) is 0 Å². The smallest absolute Gasteiger partial charge is 0.312 e. The fourth-order valence-corrected chi connectivity index (χ4v) is 2.28. The van der Waals surface area contributed by atoms with E-state index in [1.165, 1.54) is 0 Å². The molecular weight excluding hydrogens is 262 g/mol. The highest BCUT2D eigenvalue weighted by Crippen LogP contribution is 2.21. The number of nitrogens with two attached hydrogens (primary N) is 1. The summed E-state index contributed by atoms with van der Waals surface area (Å²) in [5.41, 5.74) is 4.46. The number of primary amides is 1. The van der Waals surface area contributed by atoms with Crippen LogP contribution in [-0.4, -0.2) is 48.4 Å². The zero-order valence-corrected chi connectivity index (χ0v) is 12.1. The first-order valence-corrected chi connectivity index (χ1v) is 7.00. The van der Waals surface area contributed by atoms with E-state index in [1.807, 2.05) is 13.8 Å². The van der Waals surface area contributed by atoms with Crippen molar-refractivity contribution in [3.63, 3.8) is 0 Å². The van der Waals surface area contributed by atoms with Gasteiger partial charge in [-0.2, -0.15) is 0 Å². The number of rotatable bonds is 6. The van der Waals surface area contributed by atoms with Gasteiger partial charge in [-0.05, 0) is 18.8 Å². The number of aliphatic hydroxyl groups is 1. The van der Waals surface area contributed by atoms with Crippen LogP contribution in [0.4, 0.5) is 4.79 Å². The summed E-state index contributed by atoms with van der Waals surface area (Å²) in [6.45, 7) is 4.65. The van der Waals surface area contributed by atoms with Crippen molar-refractivity contribution < 1.29 is 19.4 Å². The fourth-order valence-electron chi connectivity index (χ4n) is 2.28. The number of amides is 3. The van der Waals surface area contributed by atoms with Gasteiger partial charge in [-0.15, -0.1) is 0 Å². The molecule has 0 aromatic heterocycles. The van der Waals surface area contributed by atoms with Gasteiger partial charge in [0.25, 0.3) is 0 Å². The highest BCUT2D eigenvalue weighted by Gasteiger charge is 2.36. The maximum Gasteiger partial charge on any atom is 0.312 e. The standard InChI is InChI=1S/C13H25N3O4/c1-3-9(2)10(15-12(14)19)11(18)16-13(8-17)4-6-20-7-5-13/h9-10,17H,3-8H2,1-2H3,(H,16,18)(H3,14,15,19). The van der Waals surface area contributed by atoms with Crippen molar-refractivity contribution >= 4 is 11.9 Å². The second kappa shape index (κ2) is 7.44. The molecule has 7 heteroatoms. The van der Waals surface area contributed by atoms with E-state index in [9.17, 15) is 14.7 Å². The molecule has 2 unspecified atom stereocenters. The highest BCUT2D eigenvalue weighted by atomic mass is 16.5. The highest BCUT2D eigenvalue weighted by molar-refractivity contribution is 5.87. The lowest BCUT2D eigenvalue weighted by Gasteiger charge is -2.38. The zero-order valence-electron chi connectivity index (χ0n) is 12.1. The van der Waals surface area contributed by atoms with E-state index >= 15 is 0 Å². The minimum absolute atomic E-state index is 0.0434. The molecule has 0 spiro atoms. The molecule has 3 amide bonds. The first-order valence-electron chi connectivity index (χ1n) is 7.00. The Morgan fingerprint density at radius 3 is 2.45 bits per heavy atom. The van der Waals surface area contributed by atoms with Crippen LogP contribution in [0.1, 0.15) is 33.1 Å². The van der Waals surface area contributed by atoms with E-state index < -0.39 is 17.6 Å². The van der Waals surface area contributed by atoms with Gasteiger partial charge >= 0.3 is 6.03 Å². The van der Waals surface area contributed by atoms with Crippen LogP contribution in [-0.2, 0) is 9.53 Å². The van der Waals surface area contributed by atoms with Crippen molar-refractivity contribution in [1.29, 1.82) is 0 Å². The minimum atomic E-state index is -0.726. The van der Waals surface area contributed by atoms with Crippen molar-refractivity contribution in [2.24, 2.45) is 11.7 Å². The van der Waals surface area contributed by atoms with Crippen LogP contribution in [0.15, 0.2) is 0 Å². The number of hydrogen-bond acceptors (Lipinski definition) is 4. The van der Waals surface area contributed by atoms with E-state index in [-0.39, 0.29) is 18.4 Å². The molecule has 1 heterocycles. The Kier molecular flexibility index (Phi) is 6.22. The normalized spacial score (nSPS) is 20.8. The van der Waals surface area contributed by atoms with Crippen LogP contribution in [0.3, 0.4) is 0 Å². The number of carbonyl (C=O) groups is 2. The van der Waals surface area contributed by atoms with E-state index in [0.717, 1.165) is 6.42 Å². The van der Waals surface area contributed by atoms with Crippen LogP contribution >= 0.6 is 0 Å². The van der Waals surface area contributed by atoms with E-state index in [4.69, 9.17) is 10.5 Å². The molecule has 0 aliphatic carbocycles. The largest absolute Gasteiger partial charge is 0.394 e.